The molecule has 84 valence electrons. The standard InChI is InChI=1S/C12H25NO/c1-5-11(2,3)13-10-6-8-12(4,14)9-7-10/h10,13-14H,5-9H2,1-4H3. The lowest BCUT2D eigenvalue weighted by Gasteiger charge is -2.38. The van der Waals surface area contributed by atoms with Crippen LogP contribution in [0.4, 0.5) is 0 Å². The highest BCUT2D eigenvalue weighted by molar-refractivity contribution is 4.88. The van der Waals surface area contributed by atoms with E-state index in [0.29, 0.717) is 6.04 Å². The van der Waals surface area contributed by atoms with Crippen molar-refractivity contribution < 1.29 is 5.11 Å². The van der Waals surface area contributed by atoms with Gasteiger partial charge < -0.3 is 10.4 Å². The number of rotatable bonds is 3. The molecular formula is C12H25NO. The van der Waals surface area contributed by atoms with Crippen molar-refractivity contribution in [2.75, 3.05) is 0 Å². The summed E-state index contributed by atoms with van der Waals surface area (Å²) < 4.78 is 0. The molecule has 1 aliphatic rings. The van der Waals surface area contributed by atoms with Gasteiger partial charge in [0.25, 0.3) is 0 Å². The molecule has 0 bridgehead atoms. The Morgan fingerprint density at radius 3 is 2.29 bits per heavy atom. The van der Waals surface area contributed by atoms with Crippen molar-refractivity contribution in [2.24, 2.45) is 0 Å². The van der Waals surface area contributed by atoms with Crippen molar-refractivity contribution in [1.29, 1.82) is 0 Å². The van der Waals surface area contributed by atoms with Crippen LogP contribution in [-0.2, 0) is 0 Å². The minimum absolute atomic E-state index is 0.244. The second-order valence-electron chi connectivity index (χ2n) is 5.65. The van der Waals surface area contributed by atoms with Crippen molar-refractivity contribution in [3.8, 4) is 0 Å². The van der Waals surface area contributed by atoms with Crippen molar-refractivity contribution in [2.45, 2.75) is 77.0 Å². The van der Waals surface area contributed by atoms with Gasteiger partial charge in [0.05, 0.1) is 5.60 Å². The van der Waals surface area contributed by atoms with Crippen LogP contribution in [-0.4, -0.2) is 22.3 Å². The number of hydrogen-bond acceptors (Lipinski definition) is 2. The van der Waals surface area contributed by atoms with Gasteiger partial charge in [0.1, 0.15) is 0 Å². The van der Waals surface area contributed by atoms with E-state index in [4.69, 9.17) is 0 Å². The first-order valence-corrected chi connectivity index (χ1v) is 5.85. The third-order valence-corrected chi connectivity index (χ3v) is 3.54. The molecule has 0 aromatic carbocycles. The molecule has 0 heterocycles. The van der Waals surface area contributed by atoms with E-state index < -0.39 is 5.60 Å². The fraction of sp³-hybridized carbons (Fsp3) is 1.00. The molecule has 0 unspecified atom stereocenters. The van der Waals surface area contributed by atoms with Crippen LogP contribution in [0.5, 0.6) is 0 Å². The highest BCUT2D eigenvalue weighted by Gasteiger charge is 2.30. The maximum atomic E-state index is 9.82. The molecule has 1 aliphatic carbocycles. The van der Waals surface area contributed by atoms with Crippen molar-refractivity contribution in [1.82, 2.24) is 5.32 Å². The molecular weight excluding hydrogens is 174 g/mol. The lowest BCUT2D eigenvalue weighted by atomic mass is 9.82. The summed E-state index contributed by atoms with van der Waals surface area (Å²) in [6.45, 7) is 8.67. The lowest BCUT2D eigenvalue weighted by Crippen LogP contribution is -2.48. The summed E-state index contributed by atoms with van der Waals surface area (Å²) in [5.74, 6) is 0. The highest BCUT2D eigenvalue weighted by Crippen LogP contribution is 2.28. The van der Waals surface area contributed by atoms with Gasteiger partial charge in [-0.25, -0.2) is 0 Å². The van der Waals surface area contributed by atoms with Crippen LogP contribution in [0.15, 0.2) is 0 Å². The lowest BCUT2D eigenvalue weighted by molar-refractivity contribution is 0.0110. The predicted octanol–water partition coefficient (Wildman–Crippen LogP) is 2.46. The Morgan fingerprint density at radius 1 is 1.36 bits per heavy atom. The third-order valence-electron chi connectivity index (χ3n) is 3.54. The van der Waals surface area contributed by atoms with Crippen LogP contribution in [0.25, 0.3) is 0 Å². The summed E-state index contributed by atoms with van der Waals surface area (Å²) in [4.78, 5) is 0. The zero-order chi connectivity index (χ0) is 10.8. The molecule has 0 aliphatic heterocycles. The second kappa shape index (κ2) is 4.19. The molecule has 2 heteroatoms. The van der Waals surface area contributed by atoms with E-state index in [1.54, 1.807) is 0 Å². The van der Waals surface area contributed by atoms with Crippen LogP contribution in [0.3, 0.4) is 0 Å². The monoisotopic (exact) mass is 199 g/mol. The second-order valence-corrected chi connectivity index (χ2v) is 5.65. The van der Waals surface area contributed by atoms with E-state index >= 15 is 0 Å². The summed E-state index contributed by atoms with van der Waals surface area (Å²) in [7, 11) is 0. The van der Waals surface area contributed by atoms with Gasteiger partial charge in [-0.3, -0.25) is 0 Å². The first kappa shape index (κ1) is 12.0. The maximum Gasteiger partial charge on any atom is 0.0621 e. The predicted molar refractivity (Wildman–Crippen MR) is 60.4 cm³/mol. The molecule has 1 saturated carbocycles. The average Bonchev–Trinajstić information content (AvgIpc) is 2.09. The van der Waals surface area contributed by atoms with Crippen LogP contribution in [0.1, 0.15) is 59.8 Å². The van der Waals surface area contributed by atoms with Crippen LogP contribution >= 0.6 is 0 Å². The van der Waals surface area contributed by atoms with Crippen molar-refractivity contribution >= 4 is 0 Å². The topological polar surface area (TPSA) is 32.3 Å². The molecule has 2 N–H and O–H groups in total. The van der Waals surface area contributed by atoms with Gasteiger partial charge in [-0.05, 0) is 52.9 Å². The molecule has 0 radical (unpaired) electrons. The summed E-state index contributed by atoms with van der Waals surface area (Å²) in [6, 6.07) is 0.602. The van der Waals surface area contributed by atoms with Crippen LogP contribution in [0, 0.1) is 0 Å². The number of hydrogen-bond donors (Lipinski definition) is 2. The Balaban J connectivity index is 2.36. The summed E-state index contributed by atoms with van der Waals surface area (Å²) in [5, 5.41) is 13.5. The molecule has 0 amide bonds. The zero-order valence-corrected chi connectivity index (χ0v) is 10.1. The molecule has 14 heavy (non-hydrogen) atoms. The van der Waals surface area contributed by atoms with E-state index in [1.807, 2.05) is 6.92 Å². The summed E-state index contributed by atoms with van der Waals surface area (Å²) in [5.41, 5.74) is -0.164. The Kier molecular flexibility index (Phi) is 3.59. The molecule has 0 aromatic rings. The Hall–Kier alpha value is -0.0800. The number of aliphatic hydroxyl groups is 1. The third kappa shape index (κ3) is 3.58. The largest absolute Gasteiger partial charge is 0.390 e. The first-order valence-electron chi connectivity index (χ1n) is 5.85. The minimum atomic E-state index is -0.408. The highest BCUT2D eigenvalue weighted by atomic mass is 16.3. The van der Waals surface area contributed by atoms with Gasteiger partial charge in [-0.1, -0.05) is 6.92 Å². The Morgan fingerprint density at radius 2 is 1.86 bits per heavy atom. The first-order chi connectivity index (χ1) is 6.35. The maximum absolute atomic E-state index is 9.82. The van der Waals surface area contributed by atoms with E-state index in [9.17, 15) is 5.11 Å². The summed E-state index contributed by atoms with van der Waals surface area (Å²) in [6.07, 6.45) is 5.24. The Bertz CT molecular complexity index is 177. The fourth-order valence-electron chi connectivity index (χ4n) is 2.04. The SMILES string of the molecule is CCC(C)(C)NC1CCC(C)(O)CC1. The molecule has 1 rings (SSSR count). The molecule has 0 atom stereocenters. The van der Waals surface area contributed by atoms with Crippen LogP contribution in [0.2, 0.25) is 0 Å². The molecule has 1 fully saturated rings. The van der Waals surface area contributed by atoms with Gasteiger partial charge in [0, 0.05) is 11.6 Å². The quantitative estimate of drug-likeness (QED) is 0.732. The fourth-order valence-corrected chi connectivity index (χ4v) is 2.04. The van der Waals surface area contributed by atoms with Gasteiger partial charge in [0.2, 0.25) is 0 Å². The molecule has 0 spiro atoms. The van der Waals surface area contributed by atoms with Crippen LogP contribution < -0.4 is 5.32 Å². The molecule has 0 saturated heterocycles. The normalized spacial score (nSPS) is 34.5. The van der Waals surface area contributed by atoms with Crippen molar-refractivity contribution in [3.63, 3.8) is 0 Å². The average molecular weight is 199 g/mol. The van der Waals surface area contributed by atoms with E-state index in [-0.39, 0.29) is 5.54 Å². The van der Waals surface area contributed by atoms with Gasteiger partial charge in [-0.2, -0.15) is 0 Å². The molecule has 0 aromatic heterocycles. The van der Waals surface area contributed by atoms with E-state index in [2.05, 4.69) is 26.1 Å². The van der Waals surface area contributed by atoms with Gasteiger partial charge in [-0.15, -0.1) is 0 Å². The zero-order valence-electron chi connectivity index (χ0n) is 10.1. The Labute approximate surface area is 88.1 Å². The van der Waals surface area contributed by atoms with Gasteiger partial charge in [0.15, 0.2) is 0 Å². The summed E-state index contributed by atoms with van der Waals surface area (Å²) >= 11 is 0. The van der Waals surface area contributed by atoms with E-state index in [0.717, 1.165) is 32.1 Å². The van der Waals surface area contributed by atoms with E-state index in [1.165, 1.54) is 0 Å². The molecule has 2 nitrogen and oxygen atoms in total. The smallest absolute Gasteiger partial charge is 0.0621 e. The van der Waals surface area contributed by atoms with Gasteiger partial charge >= 0.3 is 0 Å². The van der Waals surface area contributed by atoms with Crippen molar-refractivity contribution in [3.05, 3.63) is 0 Å². The number of nitrogens with one attached hydrogen (secondary N) is 1. The minimum Gasteiger partial charge on any atom is -0.390 e.